The molecular formula is C14H21NO. The van der Waals surface area contributed by atoms with Crippen LogP contribution in [0.2, 0.25) is 0 Å². The number of nitrogens with zero attached hydrogens (tertiary/aromatic N) is 1. The molecule has 0 saturated carbocycles. The molecule has 1 aromatic carbocycles. The van der Waals surface area contributed by atoms with Crippen molar-refractivity contribution in [3.63, 3.8) is 0 Å². The Hall–Kier alpha value is -1.02. The van der Waals surface area contributed by atoms with E-state index in [1.54, 1.807) is 6.07 Å². The number of phenols is 1. The van der Waals surface area contributed by atoms with Crippen molar-refractivity contribution in [2.24, 2.45) is 0 Å². The second kappa shape index (κ2) is 4.88. The first-order chi connectivity index (χ1) is 7.70. The fourth-order valence-corrected chi connectivity index (χ4v) is 2.72. The zero-order valence-corrected chi connectivity index (χ0v) is 10.2. The first-order valence-corrected chi connectivity index (χ1v) is 6.23. The second-order valence-corrected chi connectivity index (χ2v) is 4.87. The van der Waals surface area contributed by atoms with Crippen molar-refractivity contribution in [3.05, 3.63) is 29.8 Å². The topological polar surface area (TPSA) is 23.5 Å². The highest BCUT2D eigenvalue weighted by Crippen LogP contribution is 2.32. The minimum Gasteiger partial charge on any atom is -0.508 e. The molecule has 0 aromatic heterocycles. The van der Waals surface area contributed by atoms with Gasteiger partial charge in [0, 0.05) is 12.6 Å². The zero-order valence-electron chi connectivity index (χ0n) is 10.2. The lowest BCUT2D eigenvalue weighted by Gasteiger charge is -2.19. The summed E-state index contributed by atoms with van der Waals surface area (Å²) >= 11 is 0. The van der Waals surface area contributed by atoms with Crippen LogP contribution in [0, 0.1) is 0 Å². The number of phenolic OH excluding ortho intramolecular Hbond substituents is 1. The Kier molecular flexibility index (Phi) is 3.49. The van der Waals surface area contributed by atoms with Crippen molar-refractivity contribution in [1.29, 1.82) is 0 Å². The molecule has 2 nitrogen and oxygen atoms in total. The summed E-state index contributed by atoms with van der Waals surface area (Å²) in [6.07, 6.45) is 2.43. The van der Waals surface area contributed by atoms with Crippen LogP contribution in [0.25, 0.3) is 0 Å². The van der Waals surface area contributed by atoms with Crippen molar-refractivity contribution < 1.29 is 5.11 Å². The lowest BCUT2D eigenvalue weighted by Crippen LogP contribution is -2.27. The molecule has 0 amide bonds. The summed E-state index contributed by atoms with van der Waals surface area (Å²) in [6.45, 7) is 6.86. The van der Waals surface area contributed by atoms with Crippen molar-refractivity contribution in [2.75, 3.05) is 13.1 Å². The van der Waals surface area contributed by atoms with E-state index in [1.165, 1.54) is 24.9 Å². The third-order valence-corrected chi connectivity index (χ3v) is 3.56. The molecule has 1 fully saturated rings. The first kappa shape index (κ1) is 11.5. The Labute approximate surface area is 97.9 Å². The number of rotatable bonds is 3. The quantitative estimate of drug-likeness (QED) is 0.844. The van der Waals surface area contributed by atoms with Gasteiger partial charge in [-0.3, -0.25) is 0 Å². The summed E-state index contributed by atoms with van der Waals surface area (Å²) in [4.78, 5) is 2.55. The zero-order chi connectivity index (χ0) is 11.5. The monoisotopic (exact) mass is 219 g/mol. The standard InChI is InChI=1S/C14H21NO/c1-3-7-15-10-13(8-11(15)2)12-5-4-6-14(16)9-12/h4-6,9,11,13,16H,3,7-8,10H2,1-2H3. The summed E-state index contributed by atoms with van der Waals surface area (Å²) in [6, 6.07) is 8.40. The summed E-state index contributed by atoms with van der Waals surface area (Å²) < 4.78 is 0. The van der Waals surface area contributed by atoms with Crippen LogP contribution in [-0.4, -0.2) is 29.1 Å². The second-order valence-electron chi connectivity index (χ2n) is 4.87. The molecule has 0 spiro atoms. The Balaban J connectivity index is 2.07. The maximum Gasteiger partial charge on any atom is 0.115 e. The summed E-state index contributed by atoms with van der Waals surface area (Å²) in [5.74, 6) is 0.979. The highest BCUT2D eigenvalue weighted by atomic mass is 16.3. The van der Waals surface area contributed by atoms with Crippen LogP contribution in [0.3, 0.4) is 0 Å². The molecule has 0 bridgehead atoms. The predicted molar refractivity (Wildman–Crippen MR) is 66.8 cm³/mol. The van der Waals surface area contributed by atoms with Gasteiger partial charge in [-0.25, -0.2) is 0 Å². The van der Waals surface area contributed by atoms with E-state index >= 15 is 0 Å². The number of likely N-dealkylation sites (tertiary alicyclic amines) is 1. The van der Waals surface area contributed by atoms with Crippen LogP contribution in [0.5, 0.6) is 5.75 Å². The fourth-order valence-electron chi connectivity index (χ4n) is 2.72. The van der Waals surface area contributed by atoms with Crippen LogP contribution >= 0.6 is 0 Å². The first-order valence-electron chi connectivity index (χ1n) is 6.23. The van der Waals surface area contributed by atoms with Crippen LogP contribution < -0.4 is 0 Å². The number of hydrogen-bond donors (Lipinski definition) is 1. The van der Waals surface area contributed by atoms with E-state index in [0.29, 0.717) is 17.7 Å². The van der Waals surface area contributed by atoms with Crippen LogP contribution in [0.15, 0.2) is 24.3 Å². The number of benzene rings is 1. The van der Waals surface area contributed by atoms with Crippen molar-refractivity contribution in [1.82, 2.24) is 4.90 Å². The van der Waals surface area contributed by atoms with Crippen molar-refractivity contribution in [2.45, 2.75) is 38.6 Å². The molecular weight excluding hydrogens is 198 g/mol. The minimum atomic E-state index is 0.388. The van der Waals surface area contributed by atoms with E-state index < -0.39 is 0 Å². The predicted octanol–water partition coefficient (Wildman–Crippen LogP) is 2.98. The minimum absolute atomic E-state index is 0.388. The van der Waals surface area contributed by atoms with Gasteiger partial charge < -0.3 is 10.0 Å². The van der Waals surface area contributed by atoms with Crippen molar-refractivity contribution >= 4 is 0 Å². The maximum absolute atomic E-state index is 9.49. The van der Waals surface area contributed by atoms with Gasteiger partial charge in [-0.2, -0.15) is 0 Å². The average Bonchev–Trinajstić information content (AvgIpc) is 2.61. The lowest BCUT2D eigenvalue weighted by molar-refractivity contribution is 0.268. The van der Waals surface area contributed by atoms with E-state index in [9.17, 15) is 5.11 Å². The fraction of sp³-hybridized carbons (Fsp3) is 0.571. The van der Waals surface area contributed by atoms with Gasteiger partial charge in [0.05, 0.1) is 0 Å². The molecule has 2 heteroatoms. The van der Waals surface area contributed by atoms with Crippen LogP contribution in [-0.2, 0) is 0 Å². The van der Waals surface area contributed by atoms with E-state index in [2.05, 4.69) is 24.8 Å². The van der Waals surface area contributed by atoms with Gasteiger partial charge in [-0.1, -0.05) is 19.1 Å². The van der Waals surface area contributed by atoms with Crippen LogP contribution in [0.4, 0.5) is 0 Å². The molecule has 2 unspecified atom stereocenters. The van der Waals surface area contributed by atoms with E-state index in [0.717, 1.165) is 6.54 Å². The molecule has 0 aliphatic carbocycles. The summed E-state index contributed by atoms with van der Waals surface area (Å²) in [7, 11) is 0. The third kappa shape index (κ3) is 2.38. The molecule has 1 aliphatic rings. The molecule has 1 N–H and O–H groups in total. The van der Waals surface area contributed by atoms with Gasteiger partial charge in [0.15, 0.2) is 0 Å². The van der Waals surface area contributed by atoms with Gasteiger partial charge in [0.1, 0.15) is 5.75 Å². The van der Waals surface area contributed by atoms with Gasteiger partial charge in [-0.15, -0.1) is 0 Å². The van der Waals surface area contributed by atoms with Gasteiger partial charge >= 0.3 is 0 Å². The molecule has 1 aliphatic heterocycles. The molecule has 2 atom stereocenters. The highest BCUT2D eigenvalue weighted by Gasteiger charge is 2.29. The SMILES string of the molecule is CCCN1CC(c2cccc(O)c2)CC1C. The van der Waals surface area contributed by atoms with Crippen molar-refractivity contribution in [3.8, 4) is 5.75 Å². The molecule has 1 aromatic rings. The van der Waals surface area contributed by atoms with E-state index in [4.69, 9.17) is 0 Å². The number of hydrogen-bond acceptors (Lipinski definition) is 2. The Bertz CT molecular complexity index is 350. The molecule has 2 rings (SSSR count). The highest BCUT2D eigenvalue weighted by molar-refractivity contribution is 5.30. The van der Waals surface area contributed by atoms with Crippen LogP contribution in [0.1, 0.15) is 38.2 Å². The number of aromatic hydroxyl groups is 1. The summed E-state index contributed by atoms with van der Waals surface area (Å²) in [5, 5.41) is 9.49. The Morgan fingerprint density at radius 2 is 2.25 bits per heavy atom. The average molecular weight is 219 g/mol. The molecule has 88 valence electrons. The van der Waals surface area contributed by atoms with E-state index in [-0.39, 0.29) is 0 Å². The largest absolute Gasteiger partial charge is 0.508 e. The third-order valence-electron chi connectivity index (χ3n) is 3.56. The van der Waals surface area contributed by atoms with Gasteiger partial charge in [-0.05, 0) is 49.9 Å². The Morgan fingerprint density at radius 3 is 2.94 bits per heavy atom. The molecule has 1 heterocycles. The molecule has 16 heavy (non-hydrogen) atoms. The lowest BCUT2D eigenvalue weighted by atomic mass is 9.96. The molecule has 0 radical (unpaired) electrons. The summed E-state index contributed by atoms with van der Waals surface area (Å²) in [5.41, 5.74) is 1.28. The normalized spacial score (nSPS) is 26.1. The van der Waals surface area contributed by atoms with E-state index in [1.807, 2.05) is 12.1 Å². The molecule has 1 saturated heterocycles. The van der Waals surface area contributed by atoms with Gasteiger partial charge in [0.2, 0.25) is 0 Å². The maximum atomic E-state index is 9.49. The smallest absolute Gasteiger partial charge is 0.115 e. The Morgan fingerprint density at radius 1 is 1.44 bits per heavy atom. The van der Waals surface area contributed by atoms with Gasteiger partial charge in [0.25, 0.3) is 0 Å².